The van der Waals surface area contributed by atoms with Gasteiger partial charge in [-0.15, -0.1) is 0 Å². The summed E-state index contributed by atoms with van der Waals surface area (Å²) in [5, 5.41) is 10.4. The Hall–Kier alpha value is -4.45. The zero-order chi connectivity index (χ0) is 23.0. The first-order chi connectivity index (χ1) is 16.1. The summed E-state index contributed by atoms with van der Waals surface area (Å²) in [5.74, 6) is -0.765. The summed E-state index contributed by atoms with van der Waals surface area (Å²) >= 11 is 0. The highest BCUT2D eigenvalue weighted by atomic mass is 16.2. The smallest absolute Gasteiger partial charge is 0.255 e. The molecule has 0 fully saturated rings. The third kappa shape index (κ3) is 5.62. The molecule has 0 aliphatic carbocycles. The van der Waals surface area contributed by atoms with Crippen LogP contribution < -0.4 is 16.0 Å². The predicted octanol–water partition coefficient (Wildman–Crippen LogP) is 4.85. The molecule has 0 aliphatic heterocycles. The molecule has 0 atom stereocenters. The Labute approximate surface area is 191 Å². The van der Waals surface area contributed by atoms with E-state index in [1.807, 2.05) is 42.5 Å². The molecule has 4 rings (SSSR count). The zero-order valence-corrected chi connectivity index (χ0v) is 17.9. The lowest BCUT2D eigenvalue weighted by molar-refractivity contribution is -0.116. The number of carbonyl (C=O) groups is 3. The lowest BCUT2D eigenvalue weighted by Gasteiger charge is -2.12. The topological polar surface area (TPSA) is 87.3 Å². The van der Waals surface area contributed by atoms with Crippen molar-refractivity contribution in [2.45, 2.75) is 6.42 Å². The second-order valence-electron chi connectivity index (χ2n) is 7.48. The van der Waals surface area contributed by atoms with Crippen molar-refractivity contribution in [1.82, 2.24) is 5.32 Å². The van der Waals surface area contributed by atoms with Gasteiger partial charge in [0.05, 0.1) is 11.4 Å². The van der Waals surface area contributed by atoms with E-state index in [4.69, 9.17) is 0 Å². The van der Waals surface area contributed by atoms with E-state index < -0.39 is 0 Å². The molecule has 164 valence electrons. The molecule has 0 saturated heterocycles. The molecule has 0 aliphatic rings. The Morgan fingerprint density at radius 3 is 1.97 bits per heavy atom. The molecular formula is C27H23N3O3. The molecular weight excluding hydrogens is 414 g/mol. The highest BCUT2D eigenvalue weighted by molar-refractivity contribution is 6.07. The van der Waals surface area contributed by atoms with Gasteiger partial charge in [0.15, 0.2) is 0 Å². The van der Waals surface area contributed by atoms with Crippen molar-refractivity contribution in [3.8, 4) is 0 Å². The van der Waals surface area contributed by atoms with Crippen LogP contribution in [-0.4, -0.2) is 24.3 Å². The van der Waals surface area contributed by atoms with Gasteiger partial charge in [0.1, 0.15) is 0 Å². The van der Waals surface area contributed by atoms with Crippen LogP contribution in [0.1, 0.15) is 27.1 Å². The summed E-state index contributed by atoms with van der Waals surface area (Å²) in [4.78, 5) is 37.3. The number of para-hydroxylation sites is 2. The third-order valence-electron chi connectivity index (χ3n) is 5.13. The van der Waals surface area contributed by atoms with Crippen LogP contribution in [0.5, 0.6) is 0 Å². The summed E-state index contributed by atoms with van der Waals surface area (Å²) in [5.41, 5.74) is 2.06. The standard InChI is InChI=1S/C27H23N3O3/c31-25(16-17-28-26(32)22-15-14-19-8-4-5-11-21(19)18-22)29-23-12-6-7-13-24(23)30-27(33)20-9-2-1-3-10-20/h1-15,18H,16-17H2,(H,28,32)(H,29,31)(H,30,33). The van der Waals surface area contributed by atoms with Crippen molar-refractivity contribution < 1.29 is 14.4 Å². The van der Waals surface area contributed by atoms with Gasteiger partial charge in [0.2, 0.25) is 5.91 Å². The number of amides is 3. The molecule has 4 aromatic rings. The normalized spacial score (nSPS) is 10.4. The molecule has 33 heavy (non-hydrogen) atoms. The van der Waals surface area contributed by atoms with Gasteiger partial charge in [-0.25, -0.2) is 0 Å². The number of carbonyl (C=O) groups excluding carboxylic acids is 3. The number of benzene rings is 4. The van der Waals surface area contributed by atoms with Gasteiger partial charge in [0.25, 0.3) is 11.8 Å². The number of nitrogens with one attached hydrogen (secondary N) is 3. The second kappa shape index (κ2) is 10.2. The Bertz CT molecular complexity index is 1300. The zero-order valence-electron chi connectivity index (χ0n) is 17.9. The molecule has 0 bridgehead atoms. The largest absolute Gasteiger partial charge is 0.352 e. The van der Waals surface area contributed by atoms with Crippen molar-refractivity contribution in [1.29, 1.82) is 0 Å². The van der Waals surface area contributed by atoms with Gasteiger partial charge >= 0.3 is 0 Å². The van der Waals surface area contributed by atoms with Crippen molar-refractivity contribution in [2.75, 3.05) is 17.2 Å². The van der Waals surface area contributed by atoms with E-state index in [2.05, 4.69) is 16.0 Å². The Morgan fingerprint density at radius 1 is 0.576 bits per heavy atom. The van der Waals surface area contributed by atoms with Crippen LogP contribution in [0.25, 0.3) is 10.8 Å². The number of fused-ring (bicyclic) bond motifs is 1. The van der Waals surface area contributed by atoms with Crippen LogP contribution >= 0.6 is 0 Å². The Morgan fingerprint density at radius 2 is 1.21 bits per heavy atom. The van der Waals surface area contributed by atoms with E-state index in [1.54, 1.807) is 54.6 Å². The van der Waals surface area contributed by atoms with Gasteiger partial charge in [-0.05, 0) is 47.2 Å². The van der Waals surface area contributed by atoms with Crippen LogP contribution in [0.15, 0.2) is 97.1 Å². The fourth-order valence-electron chi connectivity index (χ4n) is 3.42. The summed E-state index contributed by atoms with van der Waals surface area (Å²) in [6.45, 7) is 0.191. The third-order valence-corrected chi connectivity index (χ3v) is 5.13. The highest BCUT2D eigenvalue weighted by Crippen LogP contribution is 2.22. The van der Waals surface area contributed by atoms with Crippen LogP contribution in [0.4, 0.5) is 11.4 Å². The van der Waals surface area contributed by atoms with Crippen molar-refractivity contribution in [3.63, 3.8) is 0 Å². The number of anilines is 2. The molecule has 3 amide bonds. The fourth-order valence-corrected chi connectivity index (χ4v) is 3.42. The minimum atomic E-state index is -0.268. The molecule has 0 unspecified atom stereocenters. The minimum absolute atomic E-state index is 0.0975. The van der Waals surface area contributed by atoms with Crippen LogP contribution in [0.2, 0.25) is 0 Å². The van der Waals surface area contributed by atoms with Gasteiger partial charge < -0.3 is 16.0 Å². The van der Waals surface area contributed by atoms with Crippen molar-refractivity contribution >= 4 is 39.9 Å². The van der Waals surface area contributed by atoms with Gasteiger partial charge in [0, 0.05) is 24.1 Å². The first kappa shape index (κ1) is 21.8. The number of rotatable bonds is 7. The molecule has 6 heteroatoms. The SMILES string of the molecule is O=C(CCNC(=O)c1ccc2ccccc2c1)Nc1ccccc1NC(=O)c1ccccc1. The fraction of sp³-hybridized carbons (Fsp3) is 0.0741. The summed E-state index contributed by atoms with van der Waals surface area (Å²) < 4.78 is 0. The van der Waals surface area contributed by atoms with E-state index >= 15 is 0 Å². The van der Waals surface area contributed by atoms with E-state index in [0.717, 1.165) is 10.8 Å². The van der Waals surface area contributed by atoms with Crippen LogP contribution in [-0.2, 0) is 4.79 Å². The predicted molar refractivity (Wildman–Crippen MR) is 130 cm³/mol. The first-order valence-electron chi connectivity index (χ1n) is 10.6. The molecule has 4 aromatic carbocycles. The maximum absolute atomic E-state index is 12.4. The van der Waals surface area contributed by atoms with Gasteiger partial charge in [-0.1, -0.05) is 60.7 Å². The maximum atomic E-state index is 12.4. The first-order valence-corrected chi connectivity index (χ1v) is 10.6. The quantitative estimate of drug-likeness (QED) is 0.386. The number of hydrogen-bond acceptors (Lipinski definition) is 3. The van der Waals surface area contributed by atoms with E-state index in [9.17, 15) is 14.4 Å². The molecule has 6 nitrogen and oxygen atoms in total. The van der Waals surface area contributed by atoms with Gasteiger partial charge in [-0.3, -0.25) is 14.4 Å². The molecule has 0 radical (unpaired) electrons. The summed E-state index contributed by atoms with van der Waals surface area (Å²) in [6.07, 6.45) is 0.0975. The summed E-state index contributed by atoms with van der Waals surface area (Å²) in [7, 11) is 0. The Kier molecular flexibility index (Phi) is 6.75. The molecule has 0 heterocycles. The van der Waals surface area contributed by atoms with Crippen LogP contribution in [0.3, 0.4) is 0 Å². The van der Waals surface area contributed by atoms with Gasteiger partial charge in [-0.2, -0.15) is 0 Å². The average Bonchev–Trinajstić information content (AvgIpc) is 2.85. The molecule has 0 saturated carbocycles. The lowest BCUT2D eigenvalue weighted by atomic mass is 10.1. The monoisotopic (exact) mass is 437 g/mol. The average molecular weight is 437 g/mol. The Balaban J connectivity index is 1.31. The van der Waals surface area contributed by atoms with Crippen molar-refractivity contribution in [3.05, 3.63) is 108 Å². The molecule has 3 N–H and O–H groups in total. The van der Waals surface area contributed by atoms with E-state index in [0.29, 0.717) is 22.5 Å². The molecule has 0 aromatic heterocycles. The van der Waals surface area contributed by atoms with Crippen LogP contribution in [0, 0.1) is 0 Å². The summed E-state index contributed by atoms with van der Waals surface area (Å²) in [6, 6.07) is 29.1. The minimum Gasteiger partial charge on any atom is -0.352 e. The van der Waals surface area contributed by atoms with E-state index in [-0.39, 0.29) is 30.7 Å². The number of hydrogen-bond donors (Lipinski definition) is 3. The maximum Gasteiger partial charge on any atom is 0.255 e. The highest BCUT2D eigenvalue weighted by Gasteiger charge is 2.12. The lowest BCUT2D eigenvalue weighted by Crippen LogP contribution is -2.27. The second-order valence-corrected chi connectivity index (χ2v) is 7.48. The molecule has 0 spiro atoms. The van der Waals surface area contributed by atoms with E-state index in [1.165, 1.54) is 0 Å². The van der Waals surface area contributed by atoms with Crippen molar-refractivity contribution in [2.24, 2.45) is 0 Å².